The molecular weight excluding hydrogens is 468 g/mol. The van der Waals surface area contributed by atoms with Gasteiger partial charge in [0.05, 0.1) is 24.3 Å². The highest BCUT2D eigenvalue weighted by Crippen LogP contribution is 2.63. The molecule has 0 unspecified atom stereocenters. The third-order valence-corrected chi connectivity index (χ3v) is 9.05. The predicted octanol–water partition coefficient (Wildman–Crippen LogP) is 7.07. The third kappa shape index (κ3) is 4.06. The van der Waals surface area contributed by atoms with E-state index in [1.165, 1.54) is 0 Å². The summed E-state index contributed by atoms with van der Waals surface area (Å²) >= 11 is 0. The quantitative estimate of drug-likeness (QED) is 0.316. The number of halogens is 6. The molecule has 0 aromatic heterocycles. The number of rotatable bonds is 5. The second-order valence-corrected chi connectivity index (χ2v) is 10.9. The van der Waals surface area contributed by atoms with E-state index in [2.05, 4.69) is 13.8 Å². The Morgan fingerprint density at radius 3 is 2.06 bits per heavy atom. The van der Waals surface area contributed by atoms with Crippen LogP contribution in [0.3, 0.4) is 0 Å². The lowest BCUT2D eigenvalue weighted by Crippen LogP contribution is -2.57. The molecule has 0 amide bonds. The number of ether oxygens (including phenoxy) is 1. The minimum Gasteiger partial charge on any atom is -0.367 e. The van der Waals surface area contributed by atoms with Gasteiger partial charge in [0.1, 0.15) is 24.7 Å². The van der Waals surface area contributed by atoms with Crippen LogP contribution in [0.15, 0.2) is 48.5 Å². The number of nitrogens with zero attached hydrogens (tertiary/aromatic N) is 1. The largest absolute Gasteiger partial charge is 0.416 e. The standard InChI is InChI=1S/C27H30F6NO/c1-17-13-34(14-19-10-20(26(28,29)30)12-21(11-19)27(31,32)33)15-24(23-9-8-22(17)25(23,34)2)35-16-18-6-4-3-5-7-18/h3-7,10-12,17,22-24H,8-9,13-16H2,1-2H3/q+1/t17-,22+,23-,24+,25-,34-/m1/s1. The molecule has 6 atom stereocenters. The third-order valence-electron chi connectivity index (χ3n) is 9.05. The number of benzene rings is 2. The maximum Gasteiger partial charge on any atom is 0.416 e. The molecule has 2 aromatic rings. The summed E-state index contributed by atoms with van der Waals surface area (Å²) in [5.74, 6) is 0.965. The molecule has 0 N–H and O–H groups in total. The molecule has 1 saturated carbocycles. The van der Waals surface area contributed by atoms with E-state index >= 15 is 0 Å². The molecule has 2 nitrogen and oxygen atoms in total. The summed E-state index contributed by atoms with van der Waals surface area (Å²) < 4.78 is 88.0. The van der Waals surface area contributed by atoms with Gasteiger partial charge in [-0.1, -0.05) is 37.3 Å². The van der Waals surface area contributed by atoms with Gasteiger partial charge in [0, 0.05) is 23.3 Å². The average molecular weight is 499 g/mol. The molecule has 35 heavy (non-hydrogen) atoms. The highest BCUT2D eigenvalue weighted by Gasteiger charge is 2.73. The van der Waals surface area contributed by atoms with Gasteiger partial charge >= 0.3 is 12.4 Å². The zero-order valence-electron chi connectivity index (χ0n) is 19.8. The van der Waals surface area contributed by atoms with Crippen molar-refractivity contribution >= 4 is 0 Å². The molecule has 0 spiro atoms. The van der Waals surface area contributed by atoms with Gasteiger partial charge in [-0.3, -0.25) is 0 Å². The first kappa shape index (κ1) is 24.6. The molecule has 3 fully saturated rings. The molecule has 2 aliphatic heterocycles. The average Bonchev–Trinajstić information content (AvgIpc) is 3.32. The van der Waals surface area contributed by atoms with Crippen LogP contribution in [-0.4, -0.2) is 29.2 Å². The first-order chi connectivity index (χ1) is 16.3. The second-order valence-electron chi connectivity index (χ2n) is 10.9. The van der Waals surface area contributed by atoms with Crippen molar-refractivity contribution in [2.45, 2.75) is 63.8 Å². The zero-order chi connectivity index (χ0) is 25.2. The van der Waals surface area contributed by atoms with Crippen molar-refractivity contribution in [3.63, 3.8) is 0 Å². The van der Waals surface area contributed by atoms with Crippen LogP contribution in [0.2, 0.25) is 0 Å². The summed E-state index contributed by atoms with van der Waals surface area (Å²) in [6, 6.07) is 11.8. The van der Waals surface area contributed by atoms with Gasteiger partial charge in [-0.05, 0) is 43.5 Å². The van der Waals surface area contributed by atoms with E-state index in [1.54, 1.807) is 0 Å². The summed E-state index contributed by atoms with van der Waals surface area (Å²) in [4.78, 5) is 0. The van der Waals surface area contributed by atoms with E-state index in [9.17, 15) is 26.3 Å². The molecular formula is C27H30F6NO+. The Hall–Kier alpha value is -2.06. The Morgan fingerprint density at radius 2 is 1.46 bits per heavy atom. The second kappa shape index (κ2) is 8.23. The van der Waals surface area contributed by atoms with E-state index in [-0.39, 0.29) is 35.7 Å². The van der Waals surface area contributed by atoms with Crippen molar-refractivity contribution in [1.29, 1.82) is 0 Å². The van der Waals surface area contributed by atoms with Gasteiger partial charge < -0.3 is 9.22 Å². The highest BCUT2D eigenvalue weighted by atomic mass is 19.4. The fourth-order valence-corrected chi connectivity index (χ4v) is 7.67. The fraction of sp³-hybridized carbons (Fsp3) is 0.556. The van der Waals surface area contributed by atoms with Crippen molar-refractivity contribution in [3.8, 4) is 0 Å². The normalized spacial score (nSPS) is 34.4. The maximum atomic E-state index is 13.5. The van der Waals surface area contributed by atoms with Crippen LogP contribution >= 0.6 is 0 Å². The summed E-state index contributed by atoms with van der Waals surface area (Å²) in [5.41, 5.74) is -1.57. The summed E-state index contributed by atoms with van der Waals surface area (Å²) in [6.45, 7) is 6.30. The van der Waals surface area contributed by atoms with E-state index < -0.39 is 23.5 Å². The molecule has 0 radical (unpaired) electrons. The fourth-order valence-electron chi connectivity index (χ4n) is 7.67. The van der Waals surface area contributed by atoms with E-state index in [0.29, 0.717) is 29.5 Å². The zero-order valence-corrected chi connectivity index (χ0v) is 19.8. The molecule has 2 aromatic carbocycles. The number of quaternary nitrogens is 1. The predicted molar refractivity (Wildman–Crippen MR) is 119 cm³/mol. The lowest BCUT2D eigenvalue weighted by Gasteiger charge is -2.44. The monoisotopic (exact) mass is 498 g/mol. The summed E-state index contributed by atoms with van der Waals surface area (Å²) in [7, 11) is 0. The van der Waals surface area contributed by atoms with Gasteiger partial charge in [0.25, 0.3) is 0 Å². The summed E-state index contributed by atoms with van der Waals surface area (Å²) in [6.07, 6.45) is -7.78. The van der Waals surface area contributed by atoms with Gasteiger partial charge in [0.2, 0.25) is 0 Å². The molecule has 3 aliphatic rings. The first-order valence-corrected chi connectivity index (χ1v) is 12.1. The Bertz CT molecular complexity index is 1050. The topological polar surface area (TPSA) is 9.23 Å². The summed E-state index contributed by atoms with van der Waals surface area (Å²) in [5, 5.41) is 0. The lowest BCUT2D eigenvalue weighted by molar-refractivity contribution is -0.967. The molecule has 1 aliphatic carbocycles. The van der Waals surface area contributed by atoms with Crippen LogP contribution in [0, 0.1) is 17.8 Å². The van der Waals surface area contributed by atoms with Crippen molar-refractivity contribution in [2.75, 3.05) is 13.1 Å². The van der Waals surface area contributed by atoms with Gasteiger partial charge in [0.15, 0.2) is 0 Å². The molecule has 2 saturated heterocycles. The lowest BCUT2D eigenvalue weighted by atomic mass is 9.80. The molecule has 2 heterocycles. The number of alkyl halides is 6. The number of hydrogen-bond acceptors (Lipinski definition) is 1. The smallest absolute Gasteiger partial charge is 0.367 e. The van der Waals surface area contributed by atoms with Gasteiger partial charge in [-0.25, -0.2) is 0 Å². The first-order valence-electron chi connectivity index (χ1n) is 12.1. The van der Waals surface area contributed by atoms with Crippen molar-refractivity contribution in [3.05, 3.63) is 70.8 Å². The Kier molecular flexibility index (Phi) is 5.79. The van der Waals surface area contributed by atoms with Crippen LogP contribution in [0.4, 0.5) is 26.3 Å². The maximum absolute atomic E-state index is 13.5. The molecule has 0 bridgehead atoms. The Labute approximate surface area is 201 Å². The van der Waals surface area contributed by atoms with Gasteiger partial charge in [-0.15, -0.1) is 0 Å². The minimum atomic E-state index is -4.84. The van der Waals surface area contributed by atoms with E-state index in [4.69, 9.17) is 4.74 Å². The van der Waals surface area contributed by atoms with E-state index in [0.717, 1.165) is 37.1 Å². The molecule has 5 rings (SSSR count). The van der Waals surface area contributed by atoms with Crippen LogP contribution in [0.5, 0.6) is 0 Å². The molecule has 190 valence electrons. The minimum absolute atomic E-state index is 0.0782. The van der Waals surface area contributed by atoms with Crippen LogP contribution in [0.25, 0.3) is 0 Å². The van der Waals surface area contributed by atoms with E-state index in [1.807, 2.05) is 30.3 Å². The van der Waals surface area contributed by atoms with Crippen LogP contribution in [-0.2, 0) is 30.2 Å². The number of hydrogen-bond donors (Lipinski definition) is 0. The highest BCUT2D eigenvalue weighted by molar-refractivity contribution is 5.33. The molecule has 8 heteroatoms. The SMILES string of the molecule is C[C@@H]1C[N@@+]2(Cc3cc(C(F)(F)F)cc(C(F)(F)F)c3)C[C@H](OCc3ccccc3)[C@H]3CC[C@@H]1[C@]32C. The van der Waals surface area contributed by atoms with Crippen LogP contribution < -0.4 is 0 Å². The Balaban J connectivity index is 1.49. The van der Waals surface area contributed by atoms with Crippen molar-refractivity contribution < 1.29 is 35.6 Å². The Morgan fingerprint density at radius 1 is 0.857 bits per heavy atom. The van der Waals surface area contributed by atoms with Crippen molar-refractivity contribution in [2.24, 2.45) is 17.8 Å². The van der Waals surface area contributed by atoms with Crippen LogP contribution in [0.1, 0.15) is 48.9 Å². The van der Waals surface area contributed by atoms with Crippen molar-refractivity contribution in [1.82, 2.24) is 0 Å². The van der Waals surface area contributed by atoms with Gasteiger partial charge in [-0.2, -0.15) is 26.3 Å².